The van der Waals surface area contributed by atoms with Crippen LogP contribution in [0.15, 0.2) is 18.5 Å². The van der Waals surface area contributed by atoms with Gasteiger partial charge in [-0.15, -0.1) is 0 Å². The van der Waals surface area contributed by atoms with Crippen molar-refractivity contribution < 1.29 is 4.79 Å². The van der Waals surface area contributed by atoms with Crippen LogP contribution in [0.1, 0.15) is 63.7 Å². The highest BCUT2D eigenvalue weighted by Crippen LogP contribution is 2.17. The van der Waals surface area contributed by atoms with Crippen molar-refractivity contribution >= 4 is 11.6 Å². The average molecular weight is 305 g/mol. The number of nitrogens with zero attached hydrogens (tertiary/aromatic N) is 3. The average Bonchev–Trinajstić information content (AvgIpc) is 2.54. The molecule has 0 saturated heterocycles. The molecule has 1 amide bonds. The molecule has 1 rings (SSSR count). The van der Waals surface area contributed by atoms with Gasteiger partial charge in [0, 0.05) is 32.4 Å². The number of amides is 1. The maximum atomic E-state index is 12.7. The first-order valence-corrected chi connectivity index (χ1v) is 8.67. The van der Waals surface area contributed by atoms with Gasteiger partial charge in [-0.1, -0.05) is 27.7 Å². The van der Waals surface area contributed by atoms with E-state index >= 15 is 0 Å². The summed E-state index contributed by atoms with van der Waals surface area (Å²) in [4.78, 5) is 21.2. The van der Waals surface area contributed by atoms with Crippen molar-refractivity contribution in [1.29, 1.82) is 0 Å². The quantitative estimate of drug-likeness (QED) is 0.656. The Balaban J connectivity index is 2.95. The number of anilines is 1. The first kappa shape index (κ1) is 18.5. The maximum absolute atomic E-state index is 12.7. The smallest absolute Gasteiger partial charge is 0.255 e. The second-order valence-electron chi connectivity index (χ2n) is 5.71. The van der Waals surface area contributed by atoms with Crippen LogP contribution in [0.4, 0.5) is 5.69 Å². The van der Waals surface area contributed by atoms with Gasteiger partial charge in [-0.05, 0) is 31.7 Å². The molecule has 0 aliphatic carbocycles. The van der Waals surface area contributed by atoms with E-state index in [0.717, 1.165) is 57.5 Å². The minimum atomic E-state index is 0.103. The van der Waals surface area contributed by atoms with E-state index in [1.165, 1.54) is 0 Å². The molecule has 0 aliphatic rings. The van der Waals surface area contributed by atoms with Gasteiger partial charge in [0.05, 0.1) is 17.4 Å². The minimum Gasteiger partial charge on any atom is -0.370 e. The fourth-order valence-corrected chi connectivity index (χ4v) is 2.66. The monoisotopic (exact) mass is 305 g/mol. The zero-order valence-electron chi connectivity index (χ0n) is 14.6. The van der Waals surface area contributed by atoms with E-state index in [4.69, 9.17) is 0 Å². The Labute approximate surface area is 135 Å². The molecule has 1 aromatic heterocycles. The lowest BCUT2D eigenvalue weighted by Gasteiger charge is -2.25. The van der Waals surface area contributed by atoms with Gasteiger partial charge in [0.25, 0.3) is 5.91 Å². The number of aromatic nitrogens is 1. The van der Waals surface area contributed by atoms with Crippen LogP contribution in [0.25, 0.3) is 0 Å². The summed E-state index contributed by atoms with van der Waals surface area (Å²) in [7, 11) is 0. The third kappa shape index (κ3) is 5.32. The van der Waals surface area contributed by atoms with Crippen LogP contribution in [-0.4, -0.2) is 42.0 Å². The number of rotatable bonds is 10. The van der Waals surface area contributed by atoms with Crippen LogP contribution >= 0.6 is 0 Å². The zero-order valence-corrected chi connectivity index (χ0v) is 14.6. The van der Waals surface area contributed by atoms with E-state index in [1.54, 1.807) is 6.20 Å². The molecule has 0 N–H and O–H groups in total. The molecular formula is C18H31N3O. The van der Waals surface area contributed by atoms with Gasteiger partial charge in [0.1, 0.15) is 0 Å². The number of hydrogen-bond donors (Lipinski definition) is 0. The van der Waals surface area contributed by atoms with Gasteiger partial charge in [-0.25, -0.2) is 0 Å². The van der Waals surface area contributed by atoms with Crippen molar-refractivity contribution in [2.24, 2.45) is 0 Å². The molecule has 22 heavy (non-hydrogen) atoms. The lowest BCUT2D eigenvalue weighted by molar-refractivity contribution is 0.0755. The Morgan fingerprint density at radius 2 is 1.45 bits per heavy atom. The van der Waals surface area contributed by atoms with Gasteiger partial charge >= 0.3 is 0 Å². The van der Waals surface area contributed by atoms with Gasteiger partial charge < -0.3 is 9.80 Å². The summed E-state index contributed by atoms with van der Waals surface area (Å²) in [6.45, 7) is 12.2. The van der Waals surface area contributed by atoms with Gasteiger partial charge in [-0.3, -0.25) is 9.78 Å². The van der Waals surface area contributed by atoms with Crippen LogP contribution in [0.3, 0.4) is 0 Å². The predicted octanol–water partition coefficient (Wildman–Crippen LogP) is 3.97. The first-order chi connectivity index (χ1) is 10.7. The zero-order chi connectivity index (χ0) is 16.4. The van der Waals surface area contributed by atoms with E-state index in [0.29, 0.717) is 5.56 Å². The summed E-state index contributed by atoms with van der Waals surface area (Å²) in [5, 5.41) is 0. The Morgan fingerprint density at radius 3 is 1.95 bits per heavy atom. The van der Waals surface area contributed by atoms with Gasteiger partial charge in [-0.2, -0.15) is 0 Å². The summed E-state index contributed by atoms with van der Waals surface area (Å²) in [5.74, 6) is 0.103. The van der Waals surface area contributed by atoms with E-state index in [2.05, 4.69) is 37.6 Å². The molecule has 0 saturated carbocycles. The molecule has 0 atom stereocenters. The summed E-state index contributed by atoms with van der Waals surface area (Å²) < 4.78 is 0. The number of hydrogen-bond acceptors (Lipinski definition) is 3. The lowest BCUT2D eigenvalue weighted by atomic mass is 10.2. The van der Waals surface area contributed by atoms with Crippen LogP contribution in [0.2, 0.25) is 0 Å². The molecule has 0 spiro atoms. The van der Waals surface area contributed by atoms with Crippen LogP contribution in [-0.2, 0) is 0 Å². The third-order valence-electron chi connectivity index (χ3n) is 3.60. The van der Waals surface area contributed by atoms with Crippen molar-refractivity contribution in [2.75, 3.05) is 31.1 Å². The lowest BCUT2D eigenvalue weighted by Crippen LogP contribution is -2.33. The van der Waals surface area contributed by atoms with Crippen molar-refractivity contribution in [2.45, 2.75) is 53.4 Å². The summed E-state index contributed by atoms with van der Waals surface area (Å²) in [6, 6.07) is 2.00. The number of carbonyl (C=O) groups excluding carboxylic acids is 1. The molecule has 0 aromatic carbocycles. The van der Waals surface area contributed by atoms with Crippen LogP contribution in [0.5, 0.6) is 0 Å². The van der Waals surface area contributed by atoms with Crippen molar-refractivity contribution in [3.8, 4) is 0 Å². The number of pyridine rings is 1. The first-order valence-electron chi connectivity index (χ1n) is 8.67. The second kappa shape index (κ2) is 10.2. The fraction of sp³-hybridized carbons (Fsp3) is 0.667. The van der Waals surface area contributed by atoms with Crippen molar-refractivity contribution in [3.05, 3.63) is 24.0 Å². The maximum Gasteiger partial charge on any atom is 0.255 e. The van der Waals surface area contributed by atoms with Gasteiger partial charge in [0.2, 0.25) is 0 Å². The van der Waals surface area contributed by atoms with E-state index in [9.17, 15) is 4.79 Å². The van der Waals surface area contributed by atoms with E-state index in [1.807, 2.05) is 17.2 Å². The van der Waals surface area contributed by atoms with Crippen molar-refractivity contribution in [3.63, 3.8) is 0 Å². The summed E-state index contributed by atoms with van der Waals surface area (Å²) in [5.41, 5.74) is 1.76. The van der Waals surface area contributed by atoms with E-state index in [-0.39, 0.29) is 5.91 Å². The van der Waals surface area contributed by atoms with Crippen LogP contribution in [0, 0.1) is 0 Å². The molecular weight excluding hydrogens is 274 g/mol. The molecule has 1 aromatic rings. The molecule has 4 nitrogen and oxygen atoms in total. The van der Waals surface area contributed by atoms with E-state index < -0.39 is 0 Å². The molecule has 0 aliphatic heterocycles. The molecule has 0 unspecified atom stereocenters. The van der Waals surface area contributed by atoms with Crippen molar-refractivity contribution in [1.82, 2.24) is 9.88 Å². The SMILES string of the molecule is CCCN(CCC)C(=O)c1cncc(N(CCC)CCC)c1. The normalized spacial score (nSPS) is 10.5. The topological polar surface area (TPSA) is 36.4 Å². The highest BCUT2D eigenvalue weighted by molar-refractivity contribution is 5.94. The molecule has 0 fully saturated rings. The van der Waals surface area contributed by atoms with Crippen LogP contribution < -0.4 is 4.90 Å². The number of carbonyl (C=O) groups is 1. The molecule has 4 heteroatoms. The second-order valence-corrected chi connectivity index (χ2v) is 5.71. The molecule has 1 heterocycles. The molecule has 0 radical (unpaired) electrons. The molecule has 124 valence electrons. The Kier molecular flexibility index (Phi) is 8.56. The third-order valence-corrected chi connectivity index (χ3v) is 3.60. The summed E-state index contributed by atoms with van der Waals surface area (Å²) in [6.07, 6.45) is 7.71. The standard InChI is InChI=1S/C18H31N3O/c1-5-9-20(10-6-2)17-13-16(14-19-15-17)18(22)21(11-7-3)12-8-4/h13-15H,5-12H2,1-4H3. The predicted molar refractivity (Wildman–Crippen MR) is 93.5 cm³/mol. The minimum absolute atomic E-state index is 0.103. The highest BCUT2D eigenvalue weighted by Gasteiger charge is 2.16. The van der Waals surface area contributed by atoms with Gasteiger partial charge in [0.15, 0.2) is 0 Å². The fourth-order valence-electron chi connectivity index (χ4n) is 2.66. The Bertz CT molecular complexity index is 436. The Morgan fingerprint density at radius 1 is 0.909 bits per heavy atom. The highest BCUT2D eigenvalue weighted by atomic mass is 16.2. The largest absolute Gasteiger partial charge is 0.370 e. The summed E-state index contributed by atoms with van der Waals surface area (Å²) >= 11 is 0. The molecule has 0 bridgehead atoms. The Hall–Kier alpha value is -1.58.